The number of aliphatic hydroxyl groups is 1. The molecule has 0 aliphatic heterocycles. The Balaban J connectivity index is 2.24. The molecule has 2 fully saturated rings. The molecule has 2 saturated carbocycles. The molecule has 2 heteroatoms. The zero-order valence-electron chi connectivity index (χ0n) is 7.60. The Hall–Kier alpha value is -0.370. The number of rotatable bonds is 0. The first kappa shape index (κ1) is 8.24. The first-order valence-corrected chi connectivity index (χ1v) is 4.76. The third-order valence-electron chi connectivity index (χ3n) is 3.33. The summed E-state index contributed by atoms with van der Waals surface area (Å²) in [6, 6.07) is 0. The van der Waals surface area contributed by atoms with Crippen LogP contribution in [0.25, 0.3) is 0 Å². The maximum absolute atomic E-state index is 11.3. The number of carbonyl (C=O) groups excluding carboxylic acids is 1. The van der Waals surface area contributed by atoms with Crippen LogP contribution in [0, 0.1) is 5.41 Å². The molecule has 0 amide bonds. The van der Waals surface area contributed by atoms with Crippen LogP contribution in [-0.4, -0.2) is 16.5 Å². The Labute approximate surface area is 73.0 Å². The van der Waals surface area contributed by atoms with Crippen LogP contribution in [0.4, 0.5) is 0 Å². The van der Waals surface area contributed by atoms with Crippen molar-refractivity contribution in [3.8, 4) is 0 Å². The first-order valence-electron chi connectivity index (χ1n) is 4.76. The lowest BCUT2D eigenvalue weighted by Gasteiger charge is -2.47. The summed E-state index contributed by atoms with van der Waals surface area (Å²) >= 11 is 0. The quantitative estimate of drug-likeness (QED) is 0.597. The molecule has 12 heavy (non-hydrogen) atoms. The van der Waals surface area contributed by atoms with Crippen molar-refractivity contribution in [1.82, 2.24) is 0 Å². The van der Waals surface area contributed by atoms with E-state index >= 15 is 0 Å². The molecule has 1 N–H and O–H groups in total. The second-order valence-corrected chi connectivity index (χ2v) is 4.96. The second-order valence-electron chi connectivity index (χ2n) is 4.96. The van der Waals surface area contributed by atoms with Gasteiger partial charge in [0.05, 0.1) is 5.60 Å². The number of carbonyl (C=O) groups is 1. The SMILES string of the molecule is CC12CCCC(O)(CC(=O)C1)C2. The van der Waals surface area contributed by atoms with Gasteiger partial charge in [0.25, 0.3) is 0 Å². The third kappa shape index (κ3) is 1.28. The van der Waals surface area contributed by atoms with Gasteiger partial charge in [0.1, 0.15) is 5.78 Å². The minimum absolute atomic E-state index is 0.113. The molecule has 0 aromatic heterocycles. The van der Waals surface area contributed by atoms with Crippen LogP contribution in [0.5, 0.6) is 0 Å². The highest BCUT2D eigenvalue weighted by Gasteiger charge is 2.47. The minimum atomic E-state index is -0.637. The Bertz CT molecular complexity index is 204. The summed E-state index contributed by atoms with van der Waals surface area (Å²) in [5.41, 5.74) is -0.523. The van der Waals surface area contributed by atoms with Crippen LogP contribution in [0.1, 0.15) is 45.4 Å². The van der Waals surface area contributed by atoms with Gasteiger partial charge in [-0.15, -0.1) is 0 Å². The van der Waals surface area contributed by atoms with Gasteiger partial charge >= 0.3 is 0 Å². The van der Waals surface area contributed by atoms with Crippen molar-refractivity contribution < 1.29 is 9.90 Å². The molecule has 2 bridgehead atoms. The Morgan fingerprint density at radius 3 is 2.75 bits per heavy atom. The fourth-order valence-corrected chi connectivity index (χ4v) is 3.02. The minimum Gasteiger partial charge on any atom is -0.389 e. The van der Waals surface area contributed by atoms with Crippen molar-refractivity contribution in [2.24, 2.45) is 5.41 Å². The van der Waals surface area contributed by atoms with Gasteiger partial charge in [0.15, 0.2) is 0 Å². The number of ketones is 1. The summed E-state index contributed by atoms with van der Waals surface area (Å²) < 4.78 is 0. The molecule has 2 aliphatic carbocycles. The van der Waals surface area contributed by atoms with Crippen LogP contribution in [0.2, 0.25) is 0 Å². The molecule has 2 unspecified atom stereocenters. The first-order chi connectivity index (χ1) is 5.52. The molecule has 0 aromatic rings. The number of fused-ring (bicyclic) bond motifs is 2. The van der Waals surface area contributed by atoms with E-state index in [1.807, 2.05) is 0 Å². The molecular formula is C10H16O2. The van der Waals surface area contributed by atoms with Gasteiger partial charge in [-0.05, 0) is 24.7 Å². The maximum Gasteiger partial charge on any atom is 0.136 e. The van der Waals surface area contributed by atoms with Gasteiger partial charge in [0, 0.05) is 12.8 Å². The number of hydrogen-bond acceptors (Lipinski definition) is 2. The van der Waals surface area contributed by atoms with Gasteiger partial charge < -0.3 is 5.11 Å². The fourth-order valence-electron chi connectivity index (χ4n) is 3.02. The molecule has 68 valence electrons. The standard InChI is InChI=1S/C10H16O2/c1-9-3-2-4-10(12,7-9)6-8(11)5-9/h12H,2-7H2,1H3. The summed E-state index contributed by atoms with van der Waals surface area (Å²) in [4.78, 5) is 11.3. The summed E-state index contributed by atoms with van der Waals surface area (Å²) in [5.74, 6) is 0.256. The molecule has 0 heterocycles. The monoisotopic (exact) mass is 168 g/mol. The molecule has 2 aliphatic rings. The predicted octanol–water partition coefficient (Wildman–Crippen LogP) is 1.66. The summed E-state index contributed by atoms with van der Waals surface area (Å²) in [6.07, 6.45) is 4.96. The van der Waals surface area contributed by atoms with Crippen LogP contribution in [-0.2, 0) is 4.79 Å². The summed E-state index contributed by atoms with van der Waals surface area (Å²) in [6.45, 7) is 2.13. The van der Waals surface area contributed by atoms with E-state index in [1.165, 1.54) is 0 Å². The highest BCUT2D eigenvalue weighted by atomic mass is 16.3. The predicted molar refractivity (Wildman–Crippen MR) is 45.8 cm³/mol. The summed E-state index contributed by atoms with van der Waals surface area (Å²) in [7, 11) is 0. The van der Waals surface area contributed by atoms with Crippen molar-refractivity contribution in [3.63, 3.8) is 0 Å². The smallest absolute Gasteiger partial charge is 0.136 e. The average molecular weight is 168 g/mol. The molecule has 0 spiro atoms. The molecule has 2 atom stereocenters. The molecule has 2 nitrogen and oxygen atoms in total. The van der Waals surface area contributed by atoms with Crippen LogP contribution < -0.4 is 0 Å². The van der Waals surface area contributed by atoms with E-state index in [1.54, 1.807) is 0 Å². The molecule has 0 radical (unpaired) electrons. The van der Waals surface area contributed by atoms with Crippen molar-refractivity contribution in [2.45, 2.75) is 51.0 Å². The zero-order valence-corrected chi connectivity index (χ0v) is 7.60. The lowest BCUT2D eigenvalue weighted by atomic mass is 9.60. The van der Waals surface area contributed by atoms with E-state index in [-0.39, 0.29) is 11.2 Å². The van der Waals surface area contributed by atoms with Crippen molar-refractivity contribution in [2.75, 3.05) is 0 Å². The van der Waals surface area contributed by atoms with Gasteiger partial charge in [-0.1, -0.05) is 13.3 Å². The molecule has 0 aromatic carbocycles. The van der Waals surface area contributed by atoms with E-state index in [9.17, 15) is 9.90 Å². The molecule has 0 saturated heterocycles. The van der Waals surface area contributed by atoms with Crippen LogP contribution in [0.3, 0.4) is 0 Å². The van der Waals surface area contributed by atoms with Gasteiger partial charge in [-0.25, -0.2) is 0 Å². The van der Waals surface area contributed by atoms with Crippen LogP contribution in [0.15, 0.2) is 0 Å². The van der Waals surface area contributed by atoms with E-state index in [4.69, 9.17) is 0 Å². The highest BCUT2D eigenvalue weighted by molar-refractivity contribution is 5.81. The van der Waals surface area contributed by atoms with E-state index in [0.29, 0.717) is 12.8 Å². The van der Waals surface area contributed by atoms with Gasteiger partial charge in [-0.2, -0.15) is 0 Å². The van der Waals surface area contributed by atoms with Gasteiger partial charge in [0.2, 0.25) is 0 Å². The van der Waals surface area contributed by atoms with Crippen LogP contribution >= 0.6 is 0 Å². The van der Waals surface area contributed by atoms with Crippen molar-refractivity contribution in [3.05, 3.63) is 0 Å². The third-order valence-corrected chi connectivity index (χ3v) is 3.33. The number of hydrogen-bond donors (Lipinski definition) is 1. The highest BCUT2D eigenvalue weighted by Crippen LogP contribution is 2.49. The van der Waals surface area contributed by atoms with Crippen molar-refractivity contribution >= 4 is 5.78 Å². The van der Waals surface area contributed by atoms with E-state index in [2.05, 4.69) is 6.92 Å². The maximum atomic E-state index is 11.3. The zero-order chi connectivity index (χ0) is 8.82. The summed E-state index contributed by atoms with van der Waals surface area (Å²) in [5, 5.41) is 10.0. The van der Waals surface area contributed by atoms with Gasteiger partial charge in [-0.3, -0.25) is 4.79 Å². The second kappa shape index (κ2) is 2.32. The van der Waals surface area contributed by atoms with Crippen molar-refractivity contribution in [1.29, 1.82) is 0 Å². The topological polar surface area (TPSA) is 37.3 Å². The number of Topliss-reactive ketones (excluding diaryl/α,β-unsaturated/α-hetero) is 1. The normalized spacial score (nSPS) is 47.7. The Morgan fingerprint density at radius 1 is 1.33 bits per heavy atom. The van der Waals surface area contributed by atoms with E-state index < -0.39 is 5.60 Å². The lowest BCUT2D eigenvalue weighted by Crippen LogP contribution is -2.47. The fraction of sp³-hybridized carbons (Fsp3) is 0.900. The largest absolute Gasteiger partial charge is 0.389 e. The average Bonchev–Trinajstić information content (AvgIpc) is 1.79. The molecular weight excluding hydrogens is 152 g/mol. The Kier molecular flexibility index (Phi) is 1.59. The molecule has 2 rings (SSSR count). The Morgan fingerprint density at radius 2 is 2.08 bits per heavy atom. The lowest BCUT2D eigenvalue weighted by molar-refractivity contribution is -0.141. The van der Waals surface area contributed by atoms with E-state index in [0.717, 1.165) is 25.7 Å².